The smallest absolute Gasteiger partial charge is 0.222 e. The van der Waals surface area contributed by atoms with Crippen molar-refractivity contribution in [1.29, 1.82) is 0 Å². The summed E-state index contributed by atoms with van der Waals surface area (Å²) < 4.78 is 26.5. The number of carbonyl (C=O) groups excluding carboxylic acids is 3. The second-order valence-corrected chi connectivity index (χ2v) is 31.2. The number of aliphatic hydroxyl groups is 2. The fourth-order valence-corrected chi connectivity index (χ4v) is 12.7. The van der Waals surface area contributed by atoms with Crippen LogP contribution in [-0.2, 0) is 14.4 Å². The minimum atomic E-state index is -0.542. The first kappa shape index (κ1) is 92.4. The molecule has 0 saturated heterocycles. The molecule has 10 aromatic rings. The largest absolute Gasteiger partial charge is 0.394 e. The molecule has 0 bridgehead atoms. The summed E-state index contributed by atoms with van der Waals surface area (Å²) in [5, 5.41) is 36.6. The number of Topliss-reactive ketones (excluding diaryl/α,β-unsaturated/α-hetero) is 3. The van der Waals surface area contributed by atoms with E-state index in [1.54, 1.807) is 45.4 Å². The van der Waals surface area contributed by atoms with Crippen molar-refractivity contribution in [2.75, 3.05) is 68.5 Å². The summed E-state index contributed by atoms with van der Waals surface area (Å²) in [6.45, 7) is 29.5. The Morgan fingerprint density at radius 1 is 0.386 bits per heavy atom. The van der Waals surface area contributed by atoms with Gasteiger partial charge in [0.1, 0.15) is 56.6 Å². The molecular formula is C81H118ClF2N25O5. The van der Waals surface area contributed by atoms with Gasteiger partial charge in [-0.3, -0.25) is 9.97 Å². The second-order valence-electron chi connectivity index (χ2n) is 30.8. The molecule has 0 aromatic carbocycles. The number of fused-ring (bicyclic) bond motifs is 5. The minimum absolute atomic E-state index is 0.0354. The van der Waals surface area contributed by atoms with Gasteiger partial charge in [0.2, 0.25) is 29.7 Å². The summed E-state index contributed by atoms with van der Waals surface area (Å²) in [6.07, 6.45) is 26.0. The van der Waals surface area contributed by atoms with Crippen LogP contribution in [0.1, 0.15) is 236 Å². The van der Waals surface area contributed by atoms with Gasteiger partial charge in [0.15, 0.2) is 29.1 Å². The van der Waals surface area contributed by atoms with E-state index < -0.39 is 22.7 Å². The van der Waals surface area contributed by atoms with Gasteiger partial charge < -0.3 is 79.8 Å². The van der Waals surface area contributed by atoms with Crippen LogP contribution in [0.3, 0.4) is 0 Å². The monoisotopic (exact) mass is 1590 g/mol. The molecule has 1 unspecified atom stereocenters. The van der Waals surface area contributed by atoms with Gasteiger partial charge in [-0.15, -0.1) is 0 Å². The summed E-state index contributed by atoms with van der Waals surface area (Å²) in [4.78, 5) is 97.6. The van der Waals surface area contributed by atoms with E-state index in [9.17, 15) is 33.4 Å². The number of aromatic nitrogens is 15. The number of halogens is 3. The molecule has 30 nitrogen and oxygen atoms in total. The van der Waals surface area contributed by atoms with Gasteiger partial charge in [-0.2, -0.15) is 24.9 Å². The third-order valence-corrected chi connectivity index (χ3v) is 19.6. The lowest BCUT2D eigenvalue weighted by atomic mass is 9.89. The van der Waals surface area contributed by atoms with Gasteiger partial charge in [0.25, 0.3) is 0 Å². The number of hydrogen-bond donors (Lipinski definition) is 12. The fraction of sp³-hybridized carbons (Fsp3) is 0.531. The van der Waals surface area contributed by atoms with Gasteiger partial charge in [-0.1, -0.05) is 110 Å². The van der Waals surface area contributed by atoms with E-state index in [1.807, 2.05) is 39.8 Å². The van der Waals surface area contributed by atoms with Crippen LogP contribution in [0.15, 0.2) is 61.3 Å². The molecule has 618 valence electrons. The van der Waals surface area contributed by atoms with Crippen molar-refractivity contribution in [3.63, 3.8) is 0 Å². The molecule has 10 heterocycles. The van der Waals surface area contributed by atoms with Crippen molar-refractivity contribution in [2.45, 2.75) is 266 Å². The predicted octanol–water partition coefficient (Wildman–Crippen LogP) is 15.5. The second kappa shape index (κ2) is 43.1. The molecular weight excluding hydrogens is 1480 g/mol. The number of anilines is 10. The Hall–Kier alpha value is -10.5. The van der Waals surface area contributed by atoms with Gasteiger partial charge in [0.05, 0.1) is 69.3 Å². The normalized spacial score (nSPS) is 13.8. The highest BCUT2D eigenvalue weighted by Gasteiger charge is 2.31. The number of aryl methyl sites for hydroxylation is 2. The van der Waals surface area contributed by atoms with Crippen LogP contribution in [0, 0.1) is 25.5 Å². The highest BCUT2D eigenvalue weighted by Crippen LogP contribution is 2.35. The number of nitrogens with zero attached hydrogens (tertiary/aromatic N) is 15. The Bertz CT molecular complexity index is 4610. The van der Waals surface area contributed by atoms with E-state index in [1.165, 1.54) is 12.1 Å². The predicted molar refractivity (Wildman–Crippen MR) is 455 cm³/mol. The average Bonchev–Trinajstić information content (AvgIpc) is 0.814. The number of hydrogen-bond acceptors (Lipinski definition) is 30. The molecule has 0 radical (unpaired) electrons. The van der Waals surface area contributed by atoms with E-state index in [-0.39, 0.29) is 76.9 Å². The topological polar surface area (TPSA) is 475 Å². The van der Waals surface area contributed by atoms with Crippen LogP contribution in [0.25, 0.3) is 55.2 Å². The number of rotatable bonds is 36. The Morgan fingerprint density at radius 2 is 0.675 bits per heavy atom. The van der Waals surface area contributed by atoms with Crippen LogP contribution in [-0.4, -0.2) is 143 Å². The van der Waals surface area contributed by atoms with Crippen molar-refractivity contribution in [3.05, 3.63) is 89.1 Å². The number of pyridine rings is 5. The maximum absolute atomic E-state index is 13.2. The zero-order chi connectivity index (χ0) is 84.1. The number of ketones is 3. The van der Waals surface area contributed by atoms with Crippen molar-refractivity contribution in [2.24, 2.45) is 0 Å². The standard InChI is InChI=1S/2C18H27N5O.C17H24ClN5O.2C14H20FN5O/c1-5-6-9-18(4,10-7-13(3)24)23-16-15-14(21-17(19)22-16)12(2)8-11-20-15;1-5-6-8-18(4,9-7-13(3)24)23-16-15-14(21-17(19)22-16)10-12(2)11-20-15;1-4-5-7-17(3,8-6-11(2)24)23-15-14-13(21-16(19)22-15)9-12(18)10-20-14;2*1-3-4-5-14(2,8-21)20-12-11-10(18-13(16)19-12)6-9(15)7-17-11/h8,11H,5-7,9-10H2,1-4H3,(H3,19,21,22,23);10-11H,5-9H2,1-4H3,(H3,19,21,22,23);9-10H,4-8H2,1-3H3,(H3,19,21,22,23);2*6-7,21H,3-5,8H2,1-2H3,(H3,16,18,19,20)/t2*18-;17-;14-;/m1100./s1. The number of carbonyl (C=O) groups is 3. The molecule has 0 spiro atoms. The van der Waals surface area contributed by atoms with Gasteiger partial charge in [0, 0.05) is 66.6 Å². The molecule has 33 heteroatoms. The highest BCUT2D eigenvalue weighted by atomic mass is 35.5. The van der Waals surface area contributed by atoms with Crippen LogP contribution in [0.2, 0.25) is 5.02 Å². The van der Waals surface area contributed by atoms with Gasteiger partial charge >= 0.3 is 0 Å². The molecule has 10 aromatic heterocycles. The maximum atomic E-state index is 13.2. The van der Waals surface area contributed by atoms with E-state index in [2.05, 4.69) is 157 Å². The first-order valence-corrected chi connectivity index (χ1v) is 39.5. The lowest BCUT2D eigenvalue weighted by molar-refractivity contribution is -0.118. The van der Waals surface area contributed by atoms with Crippen LogP contribution in [0.4, 0.5) is 67.6 Å². The number of aliphatic hydroxyl groups excluding tert-OH is 2. The number of nitrogens with two attached hydrogens (primary N) is 5. The van der Waals surface area contributed by atoms with Crippen LogP contribution in [0.5, 0.6) is 0 Å². The molecule has 0 fully saturated rings. The summed E-state index contributed by atoms with van der Waals surface area (Å²) in [5.74, 6) is 2.96. The van der Waals surface area contributed by atoms with E-state index >= 15 is 0 Å². The van der Waals surface area contributed by atoms with Crippen molar-refractivity contribution in [3.8, 4) is 0 Å². The van der Waals surface area contributed by atoms with Gasteiger partial charge in [-0.05, 0) is 150 Å². The van der Waals surface area contributed by atoms with Gasteiger partial charge in [-0.25, -0.2) is 48.7 Å². The summed E-state index contributed by atoms with van der Waals surface area (Å²) in [6, 6.07) is 8.09. The number of nitrogens with one attached hydrogen (secondary N) is 5. The quantitative estimate of drug-likeness (QED) is 0.0173. The van der Waals surface area contributed by atoms with E-state index in [0.29, 0.717) is 92.0 Å². The molecule has 5 atom stereocenters. The summed E-state index contributed by atoms with van der Waals surface area (Å²) >= 11 is 5.99. The van der Waals surface area contributed by atoms with Crippen LogP contribution >= 0.6 is 11.6 Å². The Morgan fingerprint density at radius 3 is 1.01 bits per heavy atom. The summed E-state index contributed by atoms with van der Waals surface area (Å²) in [5.41, 5.74) is 34.8. The Balaban J connectivity index is 0.000000222. The molecule has 17 N–H and O–H groups in total. The Kier molecular flexibility index (Phi) is 35.0. The summed E-state index contributed by atoms with van der Waals surface area (Å²) in [7, 11) is 0. The SMILES string of the molecule is CCCCC(C)(CO)Nc1nc(N)nc2cc(F)cnc12.CCCC[C@@](C)(CCC(C)=O)Nc1nc(N)nc2cc(Cl)cnc12.CCCC[C@@](C)(CO)Nc1nc(N)nc2cc(F)cnc12.CCCC[C@](C)(CCC(C)=O)Nc1nc(N)nc2c(C)ccnc12.CCCC[C@](C)(CCC(C)=O)Nc1nc(N)nc2cc(C)cnc12. The van der Waals surface area contributed by atoms with Crippen molar-refractivity contribution < 1.29 is 33.4 Å². The number of unbranched alkanes of at least 4 members (excludes halogenated alkanes) is 5. The molecule has 114 heavy (non-hydrogen) atoms. The molecule has 0 amide bonds. The zero-order valence-electron chi connectivity index (χ0n) is 68.9. The molecule has 0 aliphatic rings. The molecule has 0 aliphatic carbocycles. The maximum Gasteiger partial charge on any atom is 0.222 e. The third kappa shape index (κ3) is 28.6. The fourth-order valence-electron chi connectivity index (χ4n) is 12.5. The molecule has 0 aliphatic heterocycles. The first-order chi connectivity index (χ1) is 53.9. The highest BCUT2D eigenvalue weighted by molar-refractivity contribution is 6.31. The molecule has 10 rings (SSSR count). The van der Waals surface area contributed by atoms with Crippen molar-refractivity contribution >= 4 is 143 Å². The van der Waals surface area contributed by atoms with E-state index in [0.717, 1.165) is 156 Å². The van der Waals surface area contributed by atoms with E-state index in [4.69, 9.17) is 40.3 Å². The minimum Gasteiger partial charge on any atom is -0.394 e. The van der Waals surface area contributed by atoms with Crippen molar-refractivity contribution in [1.82, 2.24) is 74.8 Å². The van der Waals surface area contributed by atoms with Crippen LogP contribution < -0.4 is 55.3 Å². The number of nitrogen functional groups attached to an aromatic ring is 5. The third-order valence-electron chi connectivity index (χ3n) is 19.3. The average molecular weight is 1600 g/mol. The lowest BCUT2D eigenvalue weighted by Gasteiger charge is -2.31. The zero-order valence-corrected chi connectivity index (χ0v) is 69.6. The first-order valence-electron chi connectivity index (χ1n) is 39.1. The molecule has 0 saturated carbocycles. The lowest BCUT2D eigenvalue weighted by Crippen LogP contribution is -2.39. The Labute approximate surface area is 671 Å².